The fourth-order valence-electron chi connectivity index (χ4n) is 3.14. The van der Waals surface area contributed by atoms with Crippen molar-refractivity contribution in [1.82, 2.24) is 4.90 Å². The molecule has 1 atom stereocenters. The van der Waals surface area contributed by atoms with E-state index in [1.54, 1.807) is 4.90 Å². The topological polar surface area (TPSA) is 105 Å². The van der Waals surface area contributed by atoms with Crippen molar-refractivity contribution < 1.29 is 31.5 Å². The molecule has 2 N–H and O–H groups in total. The summed E-state index contributed by atoms with van der Waals surface area (Å²) in [4.78, 5) is 27.0. The lowest BCUT2D eigenvalue weighted by Gasteiger charge is -2.31. The van der Waals surface area contributed by atoms with Gasteiger partial charge >= 0.3 is 0 Å². The van der Waals surface area contributed by atoms with Crippen molar-refractivity contribution in [3.63, 3.8) is 0 Å². The number of ether oxygens (including phenoxy) is 1. The lowest BCUT2D eigenvalue weighted by molar-refractivity contribution is -0.137. The van der Waals surface area contributed by atoms with Gasteiger partial charge in [0.2, 0.25) is 11.8 Å². The first-order chi connectivity index (χ1) is 14.7. The lowest BCUT2D eigenvalue weighted by Crippen LogP contribution is -2.49. The maximum Gasteiger partial charge on any atom is 0.262 e. The maximum absolute atomic E-state index is 13.8. The van der Waals surface area contributed by atoms with E-state index in [0.29, 0.717) is 37.3 Å². The number of hydrogen-bond donors (Lipinski definition) is 2. The zero-order valence-corrected chi connectivity index (χ0v) is 17.6. The van der Waals surface area contributed by atoms with Crippen LogP contribution in [0.4, 0.5) is 20.2 Å². The van der Waals surface area contributed by atoms with Crippen molar-refractivity contribution in [3.05, 3.63) is 48.0 Å². The van der Waals surface area contributed by atoms with Gasteiger partial charge in [-0.1, -0.05) is 0 Å². The number of carbonyl (C=O) groups excluding carboxylic acids is 2. The van der Waals surface area contributed by atoms with E-state index in [2.05, 4.69) is 10.0 Å². The predicted octanol–water partition coefficient (Wildman–Crippen LogP) is 2.04. The Balaban J connectivity index is 1.54. The number of halogens is 2. The molecule has 4 rings (SSSR count). The van der Waals surface area contributed by atoms with Crippen LogP contribution in [0.15, 0.2) is 46.2 Å². The summed E-state index contributed by atoms with van der Waals surface area (Å²) in [5.41, 5.74) is -0.183. The van der Waals surface area contributed by atoms with Crippen LogP contribution < -0.4 is 10.0 Å². The quantitative estimate of drug-likeness (QED) is 0.664. The van der Waals surface area contributed by atoms with Crippen molar-refractivity contribution in [2.45, 2.75) is 15.0 Å². The van der Waals surface area contributed by atoms with Crippen LogP contribution in [0.5, 0.6) is 0 Å². The standard InChI is InChI=1S/C19H17F2N3O5S2/c20-11-1-3-14(13(21)9-11)23-31(27,28)12-2-4-16-15(10-12)22-18(25)17(30-16)19(26)24-5-7-29-8-6-24/h1-4,9-10,17,23H,5-8H2,(H,22,25). The second kappa shape index (κ2) is 8.44. The van der Waals surface area contributed by atoms with Crippen LogP contribution in [0.3, 0.4) is 0 Å². The third-order valence-corrected chi connectivity index (χ3v) is 7.35. The van der Waals surface area contributed by atoms with Gasteiger partial charge in [0.05, 0.1) is 29.5 Å². The number of benzene rings is 2. The average Bonchev–Trinajstić information content (AvgIpc) is 2.75. The van der Waals surface area contributed by atoms with Gasteiger partial charge in [-0.2, -0.15) is 0 Å². The van der Waals surface area contributed by atoms with Crippen LogP contribution >= 0.6 is 11.8 Å². The van der Waals surface area contributed by atoms with E-state index in [9.17, 15) is 26.8 Å². The summed E-state index contributed by atoms with van der Waals surface area (Å²) in [6, 6.07) is 6.43. The highest BCUT2D eigenvalue weighted by atomic mass is 32.2. The normalized spacial score (nSPS) is 18.8. The van der Waals surface area contributed by atoms with Crippen molar-refractivity contribution >= 4 is 45.0 Å². The Morgan fingerprint density at radius 3 is 2.61 bits per heavy atom. The molecule has 0 aromatic heterocycles. The van der Waals surface area contributed by atoms with E-state index >= 15 is 0 Å². The van der Waals surface area contributed by atoms with E-state index in [-0.39, 0.29) is 16.5 Å². The molecule has 1 saturated heterocycles. The fourth-order valence-corrected chi connectivity index (χ4v) is 5.29. The lowest BCUT2D eigenvalue weighted by atomic mass is 10.2. The highest BCUT2D eigenvalue weighted by Gasteiger charge is 2.36. The maximum atomic E-state index is 13.8. The van der Waals surface area contributed by atoms with Crippen LogP contribution in [0, 0.1) is 11.6 Å². The predicted molar refractivity (Wildman–Crippen MR) is 109 cm³/mol. The number of nitrogens with one attached hydrogen (secondary N) is 2. The molecule has 0 radical (unpaired) electrons. The van der Waals surface area contributed by atoms with Crippen LogP contribution in [0.25, 0.3) is 0 Å². The minimum Gasteiger partial charge on any atom is -0.378 e. The van der Waals surface area contributed by atoms with Gasteiger partial charge in [-0.05, 0) is 30.3 Å². The molecule has 2 amide bonds. The number of hydrogen-bond acceptors (Lipinski definition) is 6. The molecule has 0 spiro atoms. The number of thioether (sulfide) groups is 1. The second-order valence-electron chi connectivity index (χ2n) is 6.81. The first-order valence-corrected chi connectivity index (χ1v) is 11.6. The van der Waals surface area contributed by atoms with Gasteiger partial charge in [-0.15, -0.1) is 11.8 Å². The Labute approximate surface area is 181 Å². The average molecular weight is 469 g/mol. The Morgan fingerprint density at radius 2 is 1.90 bits per heavy atom. The van der Waals surface area contributed by atoms with E-state index in [4.69, 9.17) is 4.74 Å². The summed E-state index contributed by atoms with van der Waals surface area (Å²) in [6.45, 7) is 1.62. The molecule has 12 heteroatoms. The largest absolute Gasteiger partial charge is 0.378 e. The SMILES string of the molecule is O=C1Nc2cc(S(=O)(=O)Nc3ccc(F)cc3F)ccc2SC1C(=O)N1CCOCC1. The van der Waals surface area contributed by atoms with Crippen LogP contribution in [0.2, 0.25) is 0 Å². The van der Waals surface area contributed by atoms with Crippen LogP contribution in [-0.4, -0.2) is 56.7 Å². The summed E-state index contributed by atoms with van der Waals surface area (Å²) in [6.07, 6.45) is 0. The third-order valence-electron chi connectivity index (χ3n) is 4.72. The number of anilines is 2. The molecule has 2 heterocycles. The van der Waals surface area contributed by atoms with Crippen molar-refractivity contribution in [3.8, 4) is 0 Å². The number of nitrogens with zero attached hydrogens (tertiary/aromatic N) is 1. The molecular formula is C19H17F2N3O5S2. The smallest absolute Gasteiger partial charge is 0.262 e. The number of carbonyl (C=O) groups is 2. The molecule has 1 unspecified atom stereocenters. The zero-order chi connectivity index (χ0) is 22.2. The fraction of sp³-hybridized carbons (Fsp3) is 0.263. The molecule has 164 valence electrons. The molecule has 2 aliphatic heterocycles. The number of morpholine rings is 1. The summed E-state index contributed by atoms with van der Waals surface area (Å²) < 4.78 is 59.4. The first-order valence-electron chi connectivity index (χ1n) is 9.20. The van der Waals surface area contributed by atoms with Crippen molar-refractivity contribution in [1.29, 1.82) is 0 Å². The van der Waals surface area contributed by atoms with Crippen LogP contribution in [0.1, 0.15) is 0 Å². The Bertz CT molecular complexity index is 1150. The van der Waals surface area contributed by atoms with E-state index in [1.165, 1.54) is 18.2 Å². The number of sulfonamides is 1. The molecular weight excluding hydrogens is 452 g/mol. The summed E-state index contributed by atoms with van der Waals surface area (Å²) >= 11 is 1.03. The molecule has 1 fully saturated rings. The number of rotatable bonds is 4. The molecule has 8 nitrogen and oxygen atoms in total. The molecule has 2 aliphatic rings. The molecule has 31 heavy (non-hydrogen) atoms. The van der Waals surface area contributed by atoms with Crippen molar-refractivity contribution in [2.75, 3.05) is 36.3 Å². The number of amides is 2. The summed E-state index contributed by atoms with van der Waals surface area (Å²) in [7, 11) is -4.21. The van der Waals surface area contributed by atoms with Gasteiger partial charge in [0, 0.05) is 24.1 Å². The van der Waals surface area contributed by atoms with Gasteiger partial charge in [0.1, 0.15) is 11.6 Å². The minimum atomic E-state index is -4.21. The van der Waals surface area contributed by atoms with E-state index < -0.39 is 38.5 Å². The Hall–Kier alpha value is -2.70. The highest BCUT2D eigenvalue weighted by Crippen LogP contribution is 2.38. The Morgan fingerprint density at radius 1 is 1.16 bits per heavy atom. The second-order valence-corrected chi connectivity index (χ2v) is 9.64. The van der Waals surface area contributed by atoms with Gasteiger partial charge in [0.25, 0.3) is 10.0 Å². The van der Waals surface area contributed by atoms with Gasteiger partial charge in [-0.3, -0.25) is 14.3 Å². The third kappa shape index (κ3) is 4.50. The molecule has 0 saturated carbocycles. The molecule has 0 aliphatic carbocycles. The monoisotopic (exact) mass is 469 g/mol. The summed E-state index contributed by atoms with van der Waals surface area (Å²) in [5, 5.41) is 1.58. The summed E-state index contributed by atoms with van der Waals surface area (Å²) in [5.74, 6) is -2.78. The van der Waals surface area contributed by atoms with Gasteiger partial charge < -0.3 is 15.0 Å². The molecule has 2 aromatic rings. The highest BCUT2D eigenvalue weighted by molar-refractivity contribution is 8.01. The van der Waals surface area contributed by atoms with Crippen molar-refractivity contribution in [2.24, 2.45) is 0 Å². The number of fused-ring (bicyclic) bond motifs is 1. The Kier molecular flexibility index (Phi) is 5.86. The van der Waals surface area contributed by atoms with Crippen LogP contribution in [-0.2, 0) is 24.3 Å². The van der Waals surface area contributed by atoms with Gasteiger partial charge in [-0.25, -0.2) is 17.2 Å². The first kappa shape index (κ1) is 21.5. The van der Waals surface area contributed by atoms with Gasteiger partial charge in [0.15, 0.2) is 5.25 Å². The zero-order valence-electron chi connectivity index (χ0n) is 15.9. The molecule has 2 aromatic carbocycles. The minimum absolute atomic E-state index is 0.225. The molecule has 0 bridgehead atoms. The van der Waals surface area contributed by atoms with E-state index in [0.717, 1.165) is 23.9 Å². The van der Waals surface area contributed by atoms with E-state index in [1.807, 2.05) is 0 Å².